The molecule has 0 unspecified atom stereocenters. The summed E-state index contributed by atoms with van der Waals surface area (Å²) >= 11 is 0. The van der Waals surface area contributed by atoms with Crippen LogP contribution in [0.1, 0.15) is 5.56 Å². The van der Waals surface area contributed by atoms with Crippen LogP contribution in [-0.4, -0.2) is 27.3 Å². The number of hydrogen-bond acceptors (Lipinski definition) is 3. The molecule has 1 amide bonds. The summed E-state index contributed by atoms with van der Waals surface area (Å²) in [7, 11) is 1.58. The summed E-state index contributed by atoms with van der Waals surface area (Å²) in [5.41, 5.74) is 3.57. The van der Waals surface area contributed by atoms with Crippen molar-refractivity contribution < 1.29 is 4.79 Å². The van der Waals surface area contributed by atoms with Crippen molar-refractivity contribution in [3.63, 3.8) is 0 Å². The Morgan fingerprint density at radius 3 is 2.73 bits per heavy atom. The number of carbonyl (C=O) groups excluding carboxylic acids is 1. The maximum Gasteiger partial charge on any atom is 0.274 e. The van der Waals surface area contributed by atoms with Gasteiger partial charge in [-0.2, -0.15) is 0 Å². The van der Waals surface area contributed by atoms with Crippen molar-refractivity contribution in [1.29, 1.82) is 0 Å². The first-order valence-corrected chi connectivity index (χ1v) is 8.16. The van der Waals surface area contributed by atoms with Crippen LogP contribution in [0.3, 0.4) is 0 Å². The minimum Gasteiger partial charge on any atom is -0.356 e. The van der Waals surface area contributed by atoms with E-state index >= 15 is 0 Å². The fourth-order valence-corrected chi connectivity index (χ4v) is 2.93. The molecule has 4 aromatic rings. The first kappa shape index (κ1) is 15.8. The van der Waals surface area contributed by atoms with Gasteiger partial charge in [0.15, 0.2) is 0 Å². The Morgan fingerprint density at radius 1 is 1.15 bits per heavy atom. The van der Waals surface area contributed by atoms with Gasteiger partial charge in [0.2, 0.25) is 5.91 Å². The maximum atomic E-state index is 12.4. The lowest BCUT2D eigenvalue weighted by Gasteiger charge is -2.07. The summed E-state index contributed by atoms with van der Waals surface area (Å²) in [5.74, 6) is 0.522. The van der Waals surface area contributed by atoms with E-state index in [0.717, 1.165) is 16.6 Å². The number of aromatic amines is 1. The Labute approximate surface area is 148 Å². The molecule has 0 radical (unpaired) electrons. The van der Waals surface area contributed by atoms with Crippen LogP contribution in [0.4, 0.5) is 0 Å². The number of hydrogen-bond donors (Lipinski definition) is 2. The van der Waals surface area contributed by atoms with E-state index in [4.69, 9.17) is 0 Å². The largest absolute Gasteiger partial charge is 0.356 e. The van der Waals surface area contributed by atoms with Gasteiger partial charge in [-0.3, -0.25) is 14.0 Å². The minimum atomic E-state index is -0.194. The summed E-state index contributed by atoms with van der Waals surface area (Å²) in [4.78, 5) is 31.2. The number of nitrogens with zero attached hydrogens (tertiary/aromatic N) is 2. The van der Waals surface area contributed by atoms with E-state index in [0.29, 0.717) is 16.9 Å². The van der Waals surface area contributed by atoms with E-state index in [-0.39, 0.29) is 11.5 Å². The van der Waals surface area contributed by atoms with Crippen molar-refractivity contribution >= 4 is 28.5 Å². The molecule has 6 heteroatoms. The Hall–Kier alpha value is -3.67. The second-order valence-electron chi connectivity index (χ2n) is 5.85. The van der Waals surface area contributed by atoms with Crippen LogP contribution in [0.15, 0.2) is 65.6 Å². The molecular weight excluding hydrogens is 328 g/mol. The van der Waals surface area contributed by atoms with Crippen LogP contribution in [-0.2, 0) is 4.79 Å². The van der Waals surface area contributed by atoms with E-state index in [1.807, 2.05) is 52.9 Å². The number of H-pyrrole nitrogens is 1. The minimum absolute atomic E-state index is 0.177. The average Bonchev–Trinajstić information content (AvgIpc) is 3.13. The molecule has 0 fully saturated rings. The van der Waals surface area contributed by atoms with Crippen LogP contribution >= 0.6 is 0 Å². The van der Waals surface area contributed by atoms with Crippen LogP contribution in [0.25, 0.3) is 34.0 Å². The first-order chi connectivity index (χ1) is 12.7. The zero-order chi connectivity index (χ0) is 18.1. The topological polar surface area (TPSA) is 79.3 Å². The molecule has 0 aliphatic rings. The highest BCUT2D eigenvalue weighted by atomic mass is 16.1. The summed E-state index contributed by atoms with van der Waals surface area (Å²) < 4.78 is 1.85. The number of carbonyl (C=O) groups is 1. The molecule has 0 aliphatic carbocycles. The van der Waals surface area contributed by atoms with Gasteiger partial charge in [-0.25, -0.2) is 4.98 Å². The summed E-state index contributed by atoms with van der Waals surface area (Å²) in [6, 6.07) is 15.3. The SMILES string of the molecule is CNC(=O)/C=C/c1ccc2[nH]c(=O)c3cnc(-c4ccccc4)n3c2c1. The monoisotopic (exact) mass is 344 g/mol. The zero-order valence-corrected chi connectivity index (χ0v) is 14.1. The van der Waals surface area contributed by atoms with Crippen molar-refractivity contribution in [3.8, 4) is 11.4 Å². The highest BCUT2D eigenvalue weighted by Gasteiger charge is 2.12. The number of amides is 1. The van der Waals surface area contributed by atoms with Gasteiger partial charge < -0.3 is 10.3 Å². The number of rotatable bonds is 3. The van der Waals surface area contributed by atoms with Crippen molar-refractivity contribution in [1.82, 2.24) is 19.7 Å². The number of benzene rings is 2. The van der Waals surface area contributed by atoms with Crippen LogP contribution in [0.5, 0.6) is 0 Å². The van der Waals surface area contributed by atoms with Crippen molar-refractivity contribution in [2.45, 2.75) is 0 Å². The van der Waals surface area contributed by atoms with Gasteiger partial charge in [0.1, 0.15) is 11.3 Å². The standard InChI is InChI=1S/C20H16N4O2/c1-21-18(25)10-8-13-7-9-15-16(11-13)24-17(20(26)23-15)12-22-19(24)14-5-3-2-4-6-14/h2-12H,1H3,(H,21,25)(H,23,26)/b10-8+. The van der Waals surface area contributed by atoms with Crippen LogP contribution in [0.2, 0.25) is 0 Å². The molecule has 6 nitrogen and oxygen atoms in total. The quantitative estimate of drug-likeness (QED) is 0.561. The van der Waals surface area contributed by atoms with Gasteiger partial charge >= 0.3 is 0 Å². The lowest BCUT2D eigenvalue weighted by atomic mass is 10.1. The second kappa shape index (κ2) is 6.33. The molecule has 0 saturated carbocycles. The molecule has 2 N–H and O–H groups in total. The smallest absolute Gasteiger partial charge is 0.274 e. The first-order valence-electron chi connectivity index (χ1n) is 8.16. The molecule has 2 heterocycles. The van der Waals surface area contributed by atoms with E-state index in [1.54, 1.807) is 19.3 Å². The number of aromatic nitrogens is 3. The molecule has 0 bridgehead atoms. The van der Waals surface area contributed by atoms with E-state index in [2.05, 4.69) is 15.3 Å². The van der Waals surface area contributed by atoms with Crippen LogP contribution < -0.4 is 10.9 Å². The molecule has 128 valence electrons. The average molecular weight is 344 g/mol. The predicted octanol–water partition coefficient (Wildman–Crippen LogP) is 2.60. The summed E-state index contributed by atoms with van der Waals surface area (Å²) in [6.07, 6.45) is 4.78. The zero-order valence-electron chi connectivity index (χ0n) is 14.1. The summed E-state index contributed by atoms with van der Waals surface area (Å²) in [6.45, 7) is 0. The Balaban J connectivity index is 2.00. The van der Waals surface area contributed by atoms with E-state index in [1.165, 1.54) is 6.08 Å². The predicted molar refractivity (Wildman–Crippen MR) is 102 cm³/mol. The Kier molecular flexibility index (Phi) is 3.85. The van der Waals surface area contributed by atoms with Gasteiger partial charge in [-0.05, 0) is 23.8 Å². The molecule has 0 atom stereocenters. The lowest BCUT2D eigenvalue weighted by molar-refractivity contribution is -0.115. The highest BCUT2D eigenvalue weighted by Crippen LogP contribution is 2.23. The van der Waals surface area contributed by atoms with E-state index in [9.17, 15) is 9.59 Å². The lowest BCUT2D eigenvalue weighted by Crippen LogP contribution is -2.13. The Morgan fingerprint density at radius 2 is 1.96 bits per heavy atom. The van der Waals surface area contributed by atoms with Crippen molar-refractivity contribution in [2.75, 3.05) is 7.05 Å². The molecular formula is C20H16N4O2. The molecule has 2 aromatic heterocycles. The van der Waals surface area contributed by atoms with Crippen LogP contribution in [0, 0.1) is 0 Å². The third-order valence-corrected chi connectivity index (χ3v) is 4.21. The van der Waals surface area contributed by atoms with Crippen molar-refractivity contribution in [2.24, 2.45) is 0 Å². The fourth-order valence-electron chi connectivity index (χ4n) is 2.93. The highest BCUT2D eigenvalue weighted by molar-refractivity contribution is 5.92. The molecule has 2 aromatic carbocycles. The Bertz CT molecular complexity index is 1200. The van der Waals surface area contributed by atoms with Gasteiger partial charge in [0.05, 0.1) is 17.2 Å². The number of nitrogens with one attached hydrogen (secondary N) is 2. The molecule has 4 rings (SSSR count). The number of fused-ring (bicyclic) bond motifs is 3. The second-order valence-corrected chi connectivity index (χ2v) is 5.85. The molecule has 0 aliphatic heterocycles. The number of likely N-dealkylation sites (N-methyl/N-ethyl adjacent to an activating group) is 1. The fraction of sp³-hybridized carbons (Fsp3) is 0.0500. The van der Waals surface area contributed by atoms with Gasteiger partial charge in [0, 0.05) is 18.7 Å². The molecule has 0 spiro atoms. The van der Waals surface area contributed by atoms with E-state index < -0.39 is 0 Å². The normalized spacial score (nSPS) is 11.4. The van der Waals surface area contributed by atoms with Crippen molar-refractivity contribution in [3.05, 3.63) is 76.7 Å². The third-order valence-electron chi connectivity index (χ3n) is 4.21. The van der Waals surface area contributed by atoms with Gasteiger partial charge in [-0.1, -0.05) is 36.4 Å². The number of imidazole rings is 1. The third kappa shape index (κ3) is 2.67. The molecule has 0 saturated heterocycles. The van der Waals surface area contributed by atoms with Gasteiger partial charge in [0.25, 0.3) is 5.56 Å². The van der Waals surface area contributed by atoms with Gasteiger partial charge in [-0.15, -0.1) is 0 Å². The maximum absolute atomic E-state index is 12.4. The molecule has 26 heavy (non-hydrogen) atoms. The summed E-state index contributed by atoms with van der Waals surface area (Å²) in [5, 5.41) is 2.55.